The Morgan fingerprint density at radius 1 is 1.38 bits per heavy atom. The number of nitrogens with zero attached hydrogens (tertiary/aromatic N) is 2. The maximum Gasteiger partial charge on any atom is 0.355 e. The van der Waals surface area contributed by atoms with E-state index in [1.165, 1.54) is 24.3 Å². The van der Waals surface area contributed by atoms with Crippen molar-refractivity contribution in [2.45, 2.75) is 47.1 Å². The van der Waals surface area contributed by atoms with Gasteiger partial charge in [-0.1, -0.05) is 20.3 Å². The third-order valence-corrected chi connectivity index (χ3v) is 6.16. The molecule has 0 fully saturated rings. The lowest BCUT2D eigenvalue weighted by Crippen LogP contribution is -2.16. The Balaban J connectivity index is 1.82. The van der Waals surface area contributed by atoms with Crippen molar-refractivity contribution in [2.24, 2.45) is 13.0 Å². The fraction of sp³-hybridized carbons (Fsp3) is 0.429. The number of fused-ring (bicyclic) bond motifs is 1. The molecule has 0 bridgehead atoms. The van der Waals surface area contributed by atoms with E-state index in [4.69, 9.17) is 4.74 Å². The second kappa shape index (κ2) is 8.32. The van der Waals surface area contributed by atoms with Crippen LogP contribution < -0.4 is 5.56 Å². The topological polar surface area (TPSA) is 94.0 Å². The number of aromatic nitrogens is 3. The third-order valence-electron chi connectivity index (χ3n) is 5.12. The first-order valence-corrected chi connectivity index (χ1v) is 10.4. The van der Waals surface area contributed by atoms with Crippen LogP contribution >= 0.6 is 11.3 Å². The summed E-state index contributed by atoms with van der Waals surface area (Å²) in [6.45, 7) is 7.59. The van der Waals surface area contributed by atoms with Crippen LogP contribution in [0.1, 0.15) is 64.3 Å². The van der Waals surface area contributed by atoms with Crippen molar-refractivity contribution in [3.63, 3.8) is 0 Å². The van der Waals surface area contributed by atoms with Crippen LogP contribution in [0.5, 0.6) is 0 Å². The van der Waals surface area contributed by atoms with Gasteiger partial charge in [0.2, 0.25) is 0 Å². The smallest absolute Gasteiger partial charge is 0.355 e. The fourth-order valence-corrected chi connectivity index (χ4v) is 4.27. The van der Waals surface area contributed by atoms with E-state index in [0.29, 0.717) is 27.5 Å². The number of ether oxygens (including phenoxy) is 1. The number of H-pyrrole nitrogens is 1. The van der Waals surface area contributed by atoms with Gasteiger partial charge in [-0.25, -0.2) is 9.78 Å². The Labute approximate surface area is 172 Å². The quantitative estimate of drug-likeness (QED) is 0.468. The molecule has 154 valence electrons. The number of Topliss-reactive ketones (excluding diaryl/α,β-unsaturated/α-hetero) is 1. The molecule has 0 aliphatic rings. The molecule has 3 aromatic heterocycles. The molecule has 7 nitrogen and oxygen atoms in total. The summed E-state index contributed by atoms with van der Waals surface area (Å²) >= 11 is 1.49. The molecule has 0 aliphatic heterocycles. The summed E-state index contributed by atoms with van der Waals surface area (Å²) in [6, 6.07) is 1.49. The summed E-state index contributed by atoms with van der Waals surface area (Å²) in [5.41, 5.74) is 1.55. The summed E-state index contributed by atoms with van der Waals surface area (Å²) < 4.78 is 6.86. The molecular formula is C21H25N3O4S. The van der Waals surface area contributed by atoms with E-state index in [-0.39, 0.29) is 23.6 Å². The molecule has 0 unspecified atom stereocenters. The molecule has 0 amide bonds. The molecule has 3 rings (SSSR count). The molecular weight excluding hydrogens is 390 g/mol. The molecule has 1 N–H and O–H groups in total. The Hall–Kier alpha value is -2.74. The second-order valence-electron chi connectivity index (χ2n) is 7.40. The molecule has 3 aromatic rings. The van der Waals surface area contributed by atoms with Crippen molar-refractivity contribution in [3.8, 4) is 0 Å². The minimum Gasteiger partial charge on any atom is -0.453 e. The average molecular weight is 416 g/mol. The van der Waals surface area contributed by atoms with Crippen LogP contribution in [0.15, 0.2) is 17.1 Å². The number of aromatic amines is 1. The second-order valence-corrected chi connectivity index (χ2v) is 8.61. The van der Waals surface area contributed by atoms with Crippen LogP contribution in [-0.4, -0.2) is 26.3 Å². The van der Waals surface area contributed by atoms with E-state index >= 15 is 0 Å². The lowest BCUT2D eigenvalue weighted by atomic mass is 9.98. The molecule has 8 heteroatoms. The van der Waals surface area contributed by atoms with Crippen LogP contribution in [0.4, 0.5) is 0 Å². The predicted molar refractivity (Wildman–Crippen MR) is 113 cm³/mol. The normalized spacial score (nSPS) is 12.3. The molecule has 0 aliphatic carbocycles. The highest BCUT2D eigenvalue weighted by Gasteiger charge is 2.19. The largest absolute Gasteiger partial charge is 0.453 e. The number of nitrogens with one attached hydrogen (secondary N) is 1. The number of thiophene rings is 1. The van der Waals surface area contributed by atoms with Gasteiger partial charge in [-0.2, -0.15) is 0 Å². The Bertz CT molecular complexity index is 1140. The highest BCUT2D eigenvalue weighted by Crippen LogP contribution is 2.29. The van der Waals surface area contributed by atoms with E-state index in [9.17, 15) is 14.4 Å². The van der Waals surface area contributed by atoms with E-state index in [2.05, 4.69) is 23.8 Å². The zero-order valence-electron chi connectivity index (χ0n) is 17.3. The first kappa shape index (κ1) is 21.0. The van der Waals surface area contributed by atoms with E-state index in [1.807, 2.05) is 6.92 Å². The van der Waals surface area contributed by atoms with Crippen LogP contribution in [0, 0.1) is 12.8 Å². The first-order valence-electron chi connectivity index (χ1n) is 9.56. The number of hydrogen-bond donors (Lipinski definition) is 1. The van der Waals surface area contributed by atoms with Crippen LogP contribution in [0.25, 0.3) is 10.2 Å². The minimum absolute atomic E-state index is 0.127. The SMILES string of the molecule is CC[C@H](C)Cc1c(C)sc2nc(COC(=O)c3cc(C(C)=O)cn3C)[nH]c(=O)c12. The van der Waals surface area contributed by atoms with Crippen molar-refractivity contribution in [3.05, 3.63) is 50.1 Å². The lowest BCUT2D eigenvalue weighted by molar-refractivity contribution is 0.0451. The van der Waals surface area contributed by atoms with Gasteiger partial charge < -0.3 is 14.3 Å². The molecule has 1 atom stereocenters. The number of rotatable bonds is 7. The summed E-state index contributed by atoms with van der Waals surface area (Å²) in [7, 11) is 1.67. The van der Waals surface area contributed by atoms with Crippen LogP contribution in [-0.2, 0) is 24.8 Å². The van der Waals surface area contributed by atoms with Crippen molar-refractivity contribution in [1.29, 1.82) is 0 Å². The maximum atomic E-state index is 12.7. The Morgan fingerprint density at radius 3 is 2.72 bits per heavy atom. The lowest BCUT2D eigenvalue weighted by Gasteiger charge is -2.08. The number of carbonyl (C=O) groups excluding carboxylic acids is 2. The zero-order chi connectivity index (χ0) is 21.3. The monoisotopic (exact) mass is 415 g/mol. The van der Waals surface area contributed by atoms with E-state index < -0.39 is 5.97 Å². The summed E-state index contributed by atoms with van der Waals surface area (Å²) in [4.78, 5) is 45.5. The van der Waals surface area contributed by atoms with E-state index in [1.54, 1.807) is 17.8 Å². The van der Waals surface area contributed by atoms with Crippen molar-refractivity contribution >= 4 is 33.3 Å². The van der Waals surface area contributed by atoms with Gasteiger partial charge in [0.05, 0.1) is 5.39 Å². The standard InChI is InChI=1S/C21H25N3O4S/c1-6-11(2)7-15-13(4)29-20-18(15)19(26)22-17(23-20)10-28-21(27)16-8-14(12(3)25)9-24(16)5/h8-9,11H,6-7,10H2,1-5H3,(H,22,23,26)/t11-/m0/s1. The molecule has 0 spiro atoms. The minimum atomic E-state index is -0.581. The maximum absolute atomic E-state index is 12.7. The first-order chi connectivity index (χ1) is 13.7. The van der Waals surface area contributed by atoms with E-state index in [0.717, 1.165) is 23.3 Å². The predicted octanol–water partition coefficient (Wildman–Crippen LogP) is 3.78. The highest BCUT2D eigenvalue weighted by molar-refractivity contribution is 7.18. The van der Waals surface area contributed by atoms with Crippen molar-refractivity contribution in [2.75, 3.05) is 0 Å². The van der Waals surface area contributed by atoms with Gasteiger partial charge in [0.25, 0.3) is 5.56 Å². The van der Waals surface area contributed by atoms with Gasteiger partial charge in [-0.3, -0.25) is 9.59 Å². The molecule has 3 heterocycles. The molecule has 0 saturated carbocycles. The van der Waals surface area contributed by atoms with Crippen LogP contribution in [0.3, 0.4) is 0 Å². The van der Waals surface area contributed by atoms with Gasteiger partial charge in [-0.05, 0) is 37.8 Å². The average Bonchev–Trinajstić information content (AvgIpc) is 3.20. The van der Waals surface area contributed by atoms with Crippen molar-refractivity contribution < 1.29 is 14.3 Å². The van der Waals surface area contributed by atoms with Gasteiger partial charge in [0.1, 0.15) is 23.0 Å². The van der Waals surface area contributed by atoms with Crippen molar-refractivity contribution in [1.82, 2.24) is 14.5 Å². The van der Waals surface area contributed by atoms with Gasteiger partial charge in [0.15, 0.2) is 5.78 Å². The fourth-order valence-electron chi connectivity index (χ4n) is 3.19. The summed E-state index contributed by atoms with van der Waals surface area (Å²) in [5, 5.41) is 0.636. The Morgan fingerprint density at radius 2 is 2.10 bits per heavy atom. The van der Waals surface area contributed by atoms with Gasteiger partial charge in [0, 0.05) is 23.7 Å². The Kier molecular flexibility index (Phi) is 6.02. The number of esters is 1. The summed E-state index contributed by atoms with van der Waals surface area (Å²) in [6.07, 6.45) is 3.46. The van der Waals surface area contributed by atoms with Gasteiger partial charge >= 0.3 is 5.97 Å². The number of carbonyl (C=O) groups is 2. The molecule has 0 radical (unpaired) electrons. The molecule has 29 heavy (non-hydrogen) atoms. The number of hydrogen-bond acceptors (Lipinski definition) is 6. The molecule has 0 saturated heterocycles. The number of aryl methyl sites for hydroxylation is 2. The van der Waals surface area contributed by atoms with Crippen LogP contribution in [0.2, 0.25) is 0 Å². The molecule has 0 aromatic carbocycles. The summed E-state index contributed by atoms with van der Waals surface area (Å²) in [5.74, 6) is 0.0739. The van der Waals surface area contributed by atoms with Gasteiger partial charge in [-0.15, -0.1) is 11.3 Å². The highest BCUT2D eigenvalue weighted by atomic mass is 32.1. The third kappa shape index (κ3) is 4.32. The zero-order valence-corrected chi connectivity index (χ0v) is 18.1. The number of ketones is 1.